The molecule has 4 fully saturated rings. The minimum atomic E-state index is -0.399. The van der Waals surface area contributed by atoms with Crippen LogP contribution in [0.2, 0.25) is 0 Å². The van der Waals surface area contributed by atoms with E-state index in [1.807, 2.05) is 0 Å². The molecule has 29 heavy (non-hydrogen) atoms. The highest BCUT2D eigenvalue weighted by molar-refractivity contribution is 5.10. The summed E-state index contributed by atoms with van der Waals surface area (Å²) in [4.78, 5) is 0. The molecule has 9 atom stereocenters. The van der Waals surface area contributed by atoms with Gasteiger partial charge in [-0.1, -0.05) is 53.9 Å². The van der Waals surface area contributed by atoms with E-state index in [0.717, 1.165) is 54.3 Å². The maximum atomic E-state index is 10.7. The molecular formula is C28H50O. The van der Waals surface area contributed by atoms with E-state index in [4.69, 9.17) is 0 Å². The van der Waals surface area contributed by atoms with Crippen molar-refractivity contribution in [3.8, 4) is 0 Å². The predicted octanol–water partition coefficient (Wildman–Crippen LogP) is 7.86. The molecule has 1 N–H and O–H groups in total. The molecule has 0 amide bonds. The number of hydrogen-bond donors (Lipinski definition) is 1. The van der Waals surface area contributed by atoms with E-state index in [1.165, 1.54) is 64.2 Å². The van der Waals surface area contributed by atoms with Crippen molar-refractivity contribution in [2.45, 2.75) is 124 Å². The van der Waals surface area contributed by atoms with Crippen molar-refractivity contribution in [3.05, 3.63) is 0 Å². The summed E-state index contributed by atoms with van der Waals surface area (Å²) in [6, 6.07) is 0. The molecular weight excluding hydrogens is 352 g/mol. The SMILES string of the molecule is CC(C)CCC[C@@H](C)[C@H]1CC[C@H]2[C@@H]3CC[C@H]4CC(C)(O)CC[C@]4(C)[C@H]3CC[C@]12C. The molecule has 0 spiro atoms. The smallest absolute Gasteiger partial charge is 0.0622 e. The molecule has 0 bridgehead atoms. The van der Waals surface area contributed by atoms with Gasteiger partial charge in [0.25, 0.3) is 0 Å². The number of rotatable bonds is 5. The highest BCUT2D eigenvalue weighted by Gasteiger charge is 2.61. The zero-order valence-corrected chi connectivity index (χ0v) is 20.5. The maximum absolute atomic E-state index is 10.7. The highest BCUT2D eigenvalue weighted by Crippen LogP contribution is 2.68. The first kappa shape index (κ1) is 22.2. The highest BCUT2D eigenvalue weighted by atomic mass is 16.3. The Morgan fingerprint density at radius 3 is 2.24 bits per heavy atom. The van der Waals surface area contributed by atoms with Crippen LogP contribution in [0, 0.1) is 52.3 Å². The molecule has 168 valence electrons. The lowest BCUT2D eigenvalue weighted by atomic mass is 9.43. The monoisotopic (exact) mass is 402 g/mol. The largest absolute Gasteiger partial charge is 0.390 e. The molecule has 4 rings (SSSR count). The molecule has 1 nitrogen and oxygen atoms in total. The van der Waals surface area contributed by atoms with Crippen LogP contribution in [0.5, 0.6) is 0 Å². The Kier molecular flexibility index (Phi) is 5.98. The van der Waals surface area contributed by atoms with Crippen molar-refractivity contribution in [1.82, 2.24) is 0 Å². The van der Waals surface area contributed by atoms with E-state index in [0.29, 0.717) is 10.8 Å². The van der Waals surface area contributed by atoms with Gasteiger partial charge in [0.05, 0.1) is 5.60 Å². The quantitative estimate of drug-likeness (QED) is 0.496. The average molecular weight is 403 g/mol. The average Bonchev–Trinajstić information content (AvgIpc) is 2.99. The van der Waals surface area contributed by atoms with Gasteiger partial charge in [0.1, 0.15) is 0 Å². The fourth-order valence-corrected chi connectivity index (χ4v) is 9.46. The Hall–Kier alpha value is -0.0400. The molecule has 0 radical (unpaired) electrons. The summed E-state index contributed by atoms with van der Waals surface area (Å²) in [5.41, 5.74) is 0.722. The van der Waals surface area contributed by atoms with Crippen LogP contribution in [0.3, 0.4) is 0 Å². The lowest BCUT2D eigenvalue weighted by Crippen LogP contribution is -2.55. The zero-order chi connectivity index (χ0) is 21.0. The molecule has 0 aliphatic heterocycles. The molecule has 0 aromatic heterocycles. The topological polar surface area (TPSA) is 20.2 Å². The lowest BCUT2D eigenvalue weighted by molar-refractivity contribution is -0.148. The summed E-state index contributed by atoms with van der Waals surface area (Å²) < 4.78 is 0. The molecule has 1 heteroatoms. The summed E-state index contributed by atoms with van der Waals surface area (Å²) >= 11 is 0. The van der Waals surface area contributed by atoms with Crippen molar-refractivity contribution >= 4 is 0 Å². The third-order valence-electron chi connectivity index (χ3n) is 11.2. The molecule has 4 aliphatic rings. The summed E-state index contributed by atoms with van der Waals surface area (Å²) in [5.74, 6) is 6.41. The van der Waals surface area contributed by atoms with Gasteiger partial charge >= 0.3 is 0 Å². The van der Waals surface area contributed by atoms with Gasteiger partial charge in [0.15, 0.2) is 0 Å². The molecule has 0 heterocycles. The van der Waals surface area contributed by atoms with Gasteiger partial charge in [-0.15, -0.1) is 0 Å². The van der Waals surface area contributed by atoms with Crippen molar-refractivity contribution in [2.24, 2.45) is 52.3 Å². The van der Waals surface area contributed by atoms with Crippen LogP contribution in [0.15, 0.2) is 0 Å². The van der Waals surface area contributed by atoms with E-state index in [-0.39, 0.29) is 0 Å². The molecule has 4 aliphatic carbocycles. The Morgan fingerprint density at radius 2 is 1.52 bits per heavy atom. The third kappa shape index (κ3) is 3.85. The standard InChI is InChI=1S/C28H50O/c1-19(2)8-7-9-20(3)23-12-13-24-22-11-10-21-18-26(4,29)16-17-27(21,5)25(22)14-15-28(23,24)6/h19-25,29H,7-18H2,1-6H3/t20-,21+,22+,23-,24+,25+,26?,27+,28-/m1/s1. The zero-order valence-electron chi connectivity index (χ0n) is 20.5. The third-order valence-corrected chi connectivity index (χ3v) is 11.2. The Labute approximate surface area is 181 Å². The van der Waals surface area contributed by atoms with E-state index in [9.17, 15) is 5.11 Å². The van der Waals surface area contributed by atoms with E-state index >= 15 is 0 Å². The van der Waals surface area contributed by atoms with Gasteiger partial charge in [0, 0.05) is 0 Å². The Bertz CT molecular complexity index is 579. The van der Waals surface area contributed by atoms with Gasteiger partial charge in [-0.05, 0) is 117 Å². The number of aliphatic hydroxyl groups is 1. The molecule has 0 saturated heterocycles. The second kappa shape index (κ2) is 7.83. The van der Waals surface area contributed by atoms with Crippen LogP contribution in [0.25, 0.3) is 0 Å². The first-order chi connectivity index (χ1) is 13.6. The van der Waals surface area contributed by atoms with Crippen LogP contribution in [-0.2, 0) is 0 Å². The van der Waals surface area contributed by atoms with Gasteiger partial charge < -0.3 is 5.11 Å². The second-order valence-corrected chi connectivity index (χ2v) is 13.4. The summed E-state index contributed by atoms with van der Waals surface area (Å²) in [6.07, 6.45) is 16.5. The molecule has 4 saturated carbocycles. The maximum Gasteiger partial charge on any atom is 0.0622 e. The van der Waals surface area contributed by atoms with E-state index in [2.05, 4.69) is 41.5 Å². The first-order valence-electron chi connectivity index (χ1n) is 13.3. The Balaban J connectivity index is 1.46. The fraction of sp³-hybridized carbons (Fsp3) is 1.00. The summed E-state index contributed by atoms with van der Waals surface area (Å²) in [6.45, 7) is 14.8. The summed E-state index contributed by atoms with van der Waals surface area (Å²) in [5, 5.41) is 10.7. The molecule has 1 unspecified atom stereocenters. The molecule has 0 aromatic carbocycles. The van der Waals surface area contributed by atoms with Crippen LogP contribution >= 0.6 is 0 Å². The van der Waals surface area contributed by atoms with E-state index in [1.54, 1.807) is 0 Å². The Morgan fingerprint density at radius 1 is 0.793 bits per heavy atom. The minimum Gasteiger partial charge on any atom is -0.390 e. The van der Waals surface area contributed by atoms with Crippen LogP contribution < -0.4 is 0 Å². The van der Waals surface area contributed by atoms with Gasteiger partial charge in [-0.2, -0.15) is 0 Å². The fourth-order valence-electron chi connectivity index (χ4n) is 9.46. The normalized spacial score (nSPS) is 50.7. The van der Waals surface area contributed by atoms with Crippen molar-refractivity contribution in [3.63, 3.8) is 0 Å². The van der Waals surface area contributed by atoms with Crippen molar-refractivity contribution in [1.29, 1.82) is 0 Å². The first-order valence-corrected chi connectivity index (χ1v) is 13.3. The number of hydrogen-bond acceptors (Lipinski definition) is 1. The molecule has 0 aromatic rings. The van der Waals surface area contributed by atoms with Crippen LogP contribution in [0.4, 0.5) is 0 Å². The van der Waals surface area contributed by atoms with Crippen molar-refractivity contribution in [2.75, 3.05) is 0 Å². The second-order valence-electron chi connectivity index (χ2n) is 13.4. The van der Waals surface area contributed by atoms with Gasteiger partial charge in [-0.3, -0.25) is 0 Å². The van der Waals surface area contributed by atoms with E-state index < -0.39 is 5.60 Å². The van der Waals surface area contributed by atoms with Crippen LogP contribution in [-0.4, -0.2) is 10.7 Å². The van der Waals surface area contributed by atoms with Crippen LogP contribution in [0.1, 0.15) is 119 Å². The minimum absolute atomic E-state index is 0.399. The van der Waals surface area contributed by atoms with Crippen molar-refractivity contribution < 1.29 is 5.11 Å². The lowest BCUT2D eigenvalue weighted by Gasteiger charge is -2.62. The van der Waals surface area contributed by atoms with Gasteiger partial charge in [0.2, 0.25) is 0 Å². The number of fused-ring (bicyclic) bond motifs is 5. The van der Waals surface area contributed by atoms with Gasteiger partial charge in [-0.25, -0.2) is 0 Å². The predicted molar refractivity (Wildman–Crippen MR) is 124 cm³/mol. The summed E-state index contributed by atoms with van der Waals surface area (Å²) in [7, 11) is 0.